The number of imidazole rings is 1. The van der Waals surface area contributed by atoms with Crippen molar-refractivity contribution in [1.82, 2.24) is 39.5 Å². The zero-order chi connectivity index (χ0) is 48.0. The van der Waals surface area contributed by atoms with E-state index in [9.17, 15) is 14.4 Å². The number of halogens is 3. The fourth-order valence-corrected chi connectivity index (χ4v) is 11.4. The summed E-state index contributed by atoms with van der Waals surface area (Å²) in [5.41, 5.74) is 8.49. The first-order valence-corrected chi connectivity index (χ1v) is 24.4. The first-order chi connectivity index (χ1) is 33.3. The van der Waals surface area contributed by atoms with E-state index in [0.29, 0.717) is 50.0 Å². The average Bonchev–Trinajstić information content (AvgIpc) is 3.92. The number of aryl methyl sites for hydroxylation is 1. The number of ether oxygens (including phenoxy) is 1. The van der Waals surface area contributed by atoms with Crippen LogP contribution in [-0.2, 0) is 28.0 Å². The Bertz CT molecular complexity index is 2870. The van der Waals surface area contributed by atoms with E-state index in [1.165, 1.54) is 23.4 Å². The molecule has 13 nitrogen and oxygen atoms in total. The number of anilines is 1. The Hall–Kier alpha value is -6.10. The van der Waals surface area contributed by atoms with E-state index in [2.05, 4.69) is 80.4 Å². The molecule has 4 aliphatic heterocycles. The summed E-state index contributed by atoms with van der Waals surface area (Å²) in [6, 6.07) is 22.4. The number of piperidine rings is 4. The van der Waals surface area contributed by atoms with Gasteiger partial charge in [-0.2, -0.15) is 0 Å². The molecule has 0 bridgehead atoms. The van der Waals surface area contributed by atoms with E-state index in [1.54, 1.807) is 12.0 Å². The maximum absolute atomic E-state index is 15.7. The summed E-state index contributed by atoms with van der Waals surface area (Å²) in [5.74, 6) is -4.59. The number of hydrogen-bond donors (Lipinski definition) is 3. The number of likely N-dealkylation sites (tertiary alicyclic amines) is 3. The SMILES string of the molecule is COCc1nc2ccc(-c3ccnc4c3cc([C@H](C)N3CCC(c5ccc(C(=O)N6CCC(CN7CCC(c8ccc(NC9CCC(=O)NC9=O)cc8F)C(F)(F)C7)CC6)cc5)CC3)n4C)cc2[nH]1. The van der Waals surface area contributed by atoms with Gasteiger partial charge in [-0.15, -0.1) is 0 Å². The first kappa shape index (κ1) is 46.6. The maximum Gasteiger partial charge on any atom is 0.267 e. The minimum Gasteiger partial charge on any atom is -0.377 e. The van der Waals surface area contributed by atoms with Gasteiger partial charge in [-0.05, 0) is 148 Å². The molecule has 0 saturated carbocycles. The van der Waals surface area contributed by atoms with Gasteiger partial charge >= 0.3 is 0 Å². The Balaban J connectivity index is 0.690. The summed E-state index contributed by atoms with van der Waals surface area (Å²) in [5, 5.41) is 6.29. The van der Waals surface area contributed by atoms with Crippen molar-refractivity contribution in [2.24, 2.45) is 13.0 Å². The van der Waals surface area contributed by atoms with E-state index in [0.717, 1.165) is 83.9 Å². The number of nitrogens with one attached hydrogen (secondary N) is 3. The molecule has 362 valence electrons. The van der Waals surface area contributed by atoms with Crippen LogP contribution in [0.5, 0.6) is 0 Å². The highest BCUT2D eigenvalue weighted by Gasteiger charge is 2.47. The Morgan fingerprint density at radius 1 is 0.928 bits per heavy atom. The average molecular weight is 944 g/mol. The second-order valence-electron chi connectivity index (χ2n) is 19.6. The number of benzene rings is 3. The highest BCUT2D eigenvalue weighted by molar-refractivity contribution is 6.01. The molecule has 0 aliphatic carbocycles. The number of methoxy groups -OCH3 is 1. The minimum atomic E-state index is -3.13. The molecule has 3 aromatic heterocycles. The van der Waals surface area contributed by atoms with Crippen LogP contribution in [0.3, 0.4) is 0 Å². The number of aromatic amines is 1. The maximum atomic E-state index is 15.7. The third kappa shape index (κ3) is 9.63. The molecule has 4 fully saturated rings. The number of carbonyl (C=O) groups excluding carboxylic acids is 3. The zero-order valence-electron chi connectivity index (χ0n) is 39.4. The second-order valence-corrected chi connectivity index (χ2v) is 19.6. The number of fused-ring (bicyclic) bond motifs is 2. The lowest BCUT2D eigenvalue weighted by Gasteiger charge is -2.41. The predicted octanol–water partition coefficient (Wildman–Crippen LogP) is 8.54. The number of alkyl halides is 2. The molecule has 4 aliphatic rings. The third-order valence-electron chi connectivity index (χ3n) is 15.3. The van der Waals surface area contributed by atoms with Crippen LogP contribution in [0.15, 0.2) is 79.0 Å². The van der Waals surface area contributed by atoms with Crippen LogP contribution in [0, 0.1) is 11.7 Å². The van der Waals surface area contributed by atoms with Crippen LogP contribution in [-0.4, -0.2) is 117 Å². The fraction of sp³-hybridized carbons (Fsp3) is 0.453. The van der Waals surface area contributed by atoms with Gasteiger partial charge in [-0.25, -0.2) is 23.1 Å². The van der Waals surface area contributed by atoms with Crippen LogP contribution in [0.4, 0.5) is 18.9 Å². The van der Waals surface area contributed by atoms with E-state index >= 15 is 13.2 Å². The van der Waals surface area contributed by atoms with Crippen molar-refractivity contribution < 1.29 is 32.3 Å². The van der Waals surface area contributed by atoms with Crippen LogP contribution in [0.1, 0.15) is 103 Å². The molecule has 3 N–H and O–H groups in total. The Morgan fingerprint density at radius 3 is 2.43 bits per heavy atom. The quantitative estimate of drug-likeness (QED) is 0.103. The van der Waals surface area contributed by atoms with Crippen LogP contribution in [0.2, 0.25) is 0 Å². The number of H-pyrrole nitrogens is 1. The van der Waals surface area contributed by atoms with Crippen LogP contribution >= 0.6 is 0 Å². The van der Waals surface area contributed by atoms with E-state index in [4.69, 9.17) is 9.72 Å². The largest absolute Gasteiger partial charge is 0.377 e. The number of pyridine rings is 1. The zero-order valence-corrected chi connectivity index (χ0v) is 39.4. The van der Waals surface area contributed by atoms with Gasteiger partial charge in [0.05, 0.1) is 23.5 Å². The Kier molecular flexibility index (Phi) is 13.1. The molecule has 3 atom stereocenters. The summed E-state index contributed by atoms with van der Waals surface area (Å²) in [6.07, 6.45) is 5.95. The van der Waals surface area contributed by atoms with Gasteiger partial charge < -0.3 is 24.5 Å². The molecule has 2 unspecified atom stereocenters. The van der Waals surface area contributed by atoms with Crippen molar-refractivity contribution >= 4 is 45.5 Å². The van der Waals surface area contributed by atoms with Crippen molar-refractivity contribution in [2.75, 3.05) is 58.2 Å². The number of aromatic nitrogens is 4. The molecular weight excluding hydrogens is 884 g/mol. The fourth-order valence-electron chi connectivity index (χ4n) is 11.4. The smallest absolute Gasteiger partial charge is 0.267 e. The minimum absolute atomic E-state index is 0.00187. The third-order valence-corrected chi connectivity index (χ3v) is 15.3. The summed E-state index contributed by atoms with van der Waals surface area (Å²) < 4.78 is 54.2. The van der Waals surface area contributed by atoms with Gasteiger partial charge in [0.15, 0.2) is 0 Å². The second kappa shape index (κ2) is 19.4. The topological polar surface area (TPSA) is 141 Å². The molecule has 0 spiro atoms. The van der Waals surface area contributed by atoms with Gasteiger partial charge in [0.25, 0.3) is 11.8 Å². The lowest BCUT2D eigenvalue weighted by molar-refractivity contribution is -0.133. The molecule has 0 radical (unpaired) electrons. The highest BCUT2D eigenvalue weighted by Crippen LogP contribution is 2.43. The molecule has 4 saturated heterocycles. The van der Waals surface area contributed by atoms with Gasteiger partial charge in [-0.1, -0.05) is 24.3 Å². The lowest BCUT2D eigenvalue weighted by Crippen LogP contribution is -2.50. The van der Waals surface area contributed by atoms with Gasteiger partial charge in [-0.3, -0.25) is 29.5 Å². The Labute approximate surface area is 399 Å². The first-order valence-electron chi connectivity index (χ1n) is 24.4. The van der Waals surface area contributed by atoms with Crippen LogP contribution in [0.25, 0.3) is 33.2 Å². The lowest BCUT2D eigenvalue weighted by atomic mass is 9.85. The number of amides is 3. The van der Waals surface area contributed by atoms with Gasteiger partial charge in [0.1, 0.15) is 29.9 Å². The van der Waals surface area contributed by atoms with Gasteiger partial charge in [0, 0.05) is 74.8 Å². The van der Waals surface area contributed by atoms with Crippen molar-refractivity contribution in [3.05, 3.63) is 113 Å². The van der Waals surface area contributed by atoms with Crippen molar-refractivity contribution in [2.45, 2.75) is 88.3 Å². The number of rotatable bonds is 12. The monoisotopic (exact) mass is 943 g/mol. The molecule has 16 heteroatoms. The van der Waals surface area contributed by atoms with E-state index in [1.807, 2.05) is 29.3 Å². The van der Waals surface area contributed by atoms with Crippen molar-refractivity contribution in [3.63, 3.8) is 0 Å². The molecule has 69 heavy (non-hydrogen) atoms. The normalized spacial score (nSPS) is 21.5. The van der Waals surface area contributed by atoms with E-state index < -0.39 is 36.2 Å². The summed E-state index contributed by atoms with van der Waals surface area (Å²) in [4.78, 5) is 56.3. The number of imide groups is 1. The number of nitrogens with zero attached hydrogens (tertiary/aromatic N) is 6. The molecule has 10 rings (SSSR count). The molecule has 3 aromatic carbocycles. The molecule has 7 heterocycles. The standard InChI is InChI=1S/C53H60F3N9O4/c1-32(47-28-41-39(14-20-57-50(41)62(47)2)37-8-11-44-46(26-37)60-48(59-44)30-69-3)64-24-17-35(18-25-64)34-4-6-36(7-5-34)52(68)65-22-15-33(16-23-65)29-63-21-19-42(53(55,56)31-63)40-10-9-38(27-43(40)54)58-45-12-13-49(66)61-51(45)67/h4-11,14,20,26-28,32-33,35,42,45,58H,12-13,15-19,21-25,29-31H2,1-3H3,(H,59,60)(H,61,66,67)/t32-,42?,45?/m0/s1. The highest BCUT2D eigenvalue weighted by atomic mass is 19.3. The molecule has 3 amide bonds. The summed E-state index contributed by atoms with van der Waals surface area (Å²) in [7, 11) is 3.77. The van der Waals surface area contributed by atoms with Crippen molar-refractivity contribution in [3.8, 4) is 11.1 Å². The molecule has 6 aromatic rings. The van der Waals surface area contributed by atoms with Crippen molar-refractivity contribution in [1.29, 1.82) is 0 Å². The predicted molar refractivity (Wildman–Crippen MR) is 258 cm³/mol. The molecular formula is C53H60F3N9O4. The van der Waals surface area contributed by atoms with Gasteiger partial charge in [0.2, 0.25) is 11.8 Å². The number of hydrogen-bond acceptors (Lipinski definition) is 9. The Morgan fingerprint density at radius 2 is 1.71 bits per heavy atom. The summed E-state index contributed by atoms with van der Waals surface area (Å²) in [6.45, 7) is 6.25. The summed E-state index contributed by atoms with van der Waals surface area (Å²) >= 11 is 0. The van der Waals surface area contributed by atoms with E-state index in [-0.39, 0.29) is 48.6 Å². The van der Waals surface area contributed by atoms with Crippen LogP contribution < -0.4 is 10.6 Å². The number of carbonyl (C=O) groups is 3.